The van der Waals surface area contributed by atoms with E-state index < -0.39 is 33.2 Å². The molecule has 29 heavy (non-hydrogen) atoms. The predicted octanol–water partition coefficient (Wildman–Crippen LogP) is 3.67. The van der Waals surface area contributed by atoms with Crippen molar-refractivity contribution in [2.75, 3.05) is 18.4 Å². The Bertz CT molecular complexity index is 963. The highest BCUT2D eigenvalue weighted by Crippen LogP contribution is 2.34. The number of hydrogen-bond donors (Lipinski definition) is 2. The number of benzene rings is 2. The molecule has 0 saturated carbocycles. The number of nitrogens with one attached hydrogen (secondary N) is 2. The second kappa shape index (κ2) is 8.54. The molecule has 0 radical (unpaired) electrons. The molecular formula is C17H15F3N4O5. The van der Waals surface area contributed by atoms with Crippen LogP contribution >= 0.6 is 0 Å². The molecular weight excluding hydrogens is 397 g/mol. The lowest BCUT2D eigenvalue weighted by atomic mass is 10.1. The molecule has 0 spiro atoms. The Morgan fingerprint density at radius 2 is 1.66 bits per heavy atom. The van der Waals surface area contributed by atoms with Gasteiger partial charge in [-0.2, -0.15) is 13.2 Å². The topological polar surface area (TPSA) is 127 Å². The van der Waals surface area contributed by atoms with E-state index in [9.17, 15) is 38.2 Å². The van der Waals surface area contributed by atoms with Crippen molar-refractivity contribution in [1.29, 1.82) is 0 Å². The van der Waals surface area contributed by atoms with Gasteiger partial charge in [-0.1, -0.05) is 0 Å². The van der Waals surface area contributed by atoms with Crippen molar-refractivity contribution in [2.45, 2.75) is 13.1 Å². The van der Waals surface area contributed by atoms with Crippen LogP contribution in [0.25, 0.3) is 0 Å². The molecule has 2 aromatic carbocycles. The van der Waals surface area contributed by atoms with Crippen molar-refractivity contribution in [3.8, 4) is 0 Å². The predicted molar refractivity (Wildman–Crippen MR) is 96.8 cm³/mol. The SMILES string of the molecule is Cc1cc(C(=O)NCCNc2ccc(C(F)(F)F)cc2[N+](=O)[O-])ccc1[N+](=O)[O-]. The molecule has 2 rings (SSSR count). The van der Waals surface area contributed by atoms with E-state index in [0.717, 1.165) is 6.07 Å². The lowest BCUT2D eigenvalue weighted by molar-refractivity contribution is -0.385. The molecule has 2 N–H and O–H groups in total. The number of aryl methyl sites for hydroxylation is 1. The number of alkyl halides is 3. The van der Waals surface area contributed by atoms with Gasteiger partial charge in [0.05, 0.1) is 15.4 Å². The molecule has 12 heteroatoms. The van der Waals surface area contributed by atoms with Crippen LogP contribution in [-0.4, -0.2) is 28.8 Å². The number of nitrogens with zero attached hydrogens (tertiary/aromatic N) is 2. The molecule has 0 bridgehead atoms. The molecule has 0 aromatic heterocycles. The van der Waals surface area contributed by atoms with Crippen molar-refractivity contribution in [3.05, 3.63) is 73.3 Å². The standard InChI is InChI=1S/C17H15F3N4O5/c1-10-8-11(2-5-14(10)23(26)27)16(25)22-7-6-21-13-4-3-12(17(18,19)20)9-15(13)24(28)29/h2-5,8-9,21H,6-7H2,1H3,(H,22,25). The molecule has 154 valence electrons. The summed E-state index contributed by atoms with van der Waals surface area (Å²) in [6, 6.07) is 5.93. The van der Waals surface area contributed by atoms with Gasteiger partial charge in [0.15, 0.2) is 0 Å². The van der Waals surface area contributed by atoms with Crippen LogP contribution < -0.4 is 10.6 Å². The lowest BCUT2D eigenvalue weighted by Gasteiger charge is -2.11. The van der Waals surface area contributed by atoms with Crippen LogP contribution in [-0.2, 0) is 6.18 Å². The quantitative estimate of drug-likeness (QED) is 0.406. The van der Waals surface area contributed by atoms with E-state index in [1.807, 2.05) is 0 Å². The maximum atomic E-state index is 12.7. The Labute approximate surface area is 161 Å². The average Bonchev–Trinajstić information content (AvgIpc) is 2.63. The van der Waals surface area contributed by atoms with Gasteiger partial charge in [0.1, 0.15) is 5.69 Å². The Morgan fingerprint density at radius 1 is 1.00 bits per heavy atom. The summed E-state index contributed by atoms with van der Waals surface area (Å²) in [5.74, 6) is -0.522. The summed E-state index contributed by atoms with van der Waals surface area (Å²) in [4.78, 5) is 32.4. The van der Waals surface area contributed by atoms with Crippen LogP contribution in [0.4, 0.5) is 30.2 Å². The van der Waals surface area contributed by atoms with Gasteiger partial charge >= 0.3 is 6.18 Å². The number of halogens is 3. The maximum Gasteiger partial charge on any atom is 0.416 e. The molecule has 1 amide bonds. The first-order chi connectivity index (χ1) is 13.5. The Kier molecular flexibility index (Phi) is 6.36. The molecule has 0 fully saturated rings. The summed E-state index contributed by atoms with van der Waals surface area (Å²) in [7, 11) is 0. The van der Waals surface area contributed by atoms with E-state index in [1.54, 1.807) is 0 Å². The van der Waals surface area contributed by atoms with E-state index in [4.69, 9.17) is 0 Å². The van der Waals surface area contributed by atoms with E-state index in [2.05, 4.69) is 10.6 Å². The summed E-state index contributed by atoms with van der Waals surface area (Å²) in [5.41, 5.74) is -1.63. The summed E-state index contributed by atoms with van der Waals surface area (Å²) in [6.07, 6.45) is -4.71. The van der Waals surface area contributed by atoms with Crippen LogP contribution in [0.15, 0.2) is 36.4 Å². The maximum absolute atomic E-state index is 12.7. The zero-order valence-corrected chi connectivity index (χ0v) is 14.9. The summed E-state index contributed by atoms with van der Waals surface area (Å²) < 4.78 is 38.1. The minimum absolute atomic E-state index is 0.00388. The van der Waals surface area contributed by atoms with Crippen LogP contribution in [0.1, 0.15) is 21.5 Å². The van der Waals surface area contributed by atoms with Gasteiger partial charge in [-0.05, 0) is 31.2 Å². The van der Waals surface area contributed by atoms with Gasteiger partial charge in [0.25, 0.3) is 17.3 Å². The molecule has 2 aromatic rings. The third kappa shape index (κ3) is 5.40. The lowest BCUT2D eigenvalue weighted by Crippen LogP contribution is -2.29. The summed E-state index contributed by atoms with van der Waals surface area (Å²) in [5, 5.41) is 26.9. The largest absolute Gasteiger partial charge is 0.416 e. The smallest absolute Gasteiger partial charge is 0.378 e. The number of hydrogen-bond acceptors (Lipinski definition) is 6. The molecule has 0 atom stereocenters. The molecule has 0 aliphatic rings. The minimum atomic E-state index is -4.71. The number of nitro benzene ring substituents is 2. The van der Waals surface area contributed by atoms with Gasteiger partial charge in [0, 0.05) is 36.3 Å². The summed E-state index contributed by atoms with van der Waals surface area (Å²) >= 11 is 0. The van der Waals surface area contributed by atoms with Gasteiger partial charge in [-0.25, -0.2) is 0 Å². The Hall–Kier alpha value is -3.70. The highest BCUT2D eigenvalue weighted by atomic mass is 19.4. The molecule has 0 saturated heterocycles. The highest BCUT2D eigenvalue weighted by molar-refractivity contribution is 5.94. The van der Waals surface area contributed by atoms with Gasteiger partial charge in [0.2, 0.25) is 0 Å². The summed E-state index contributed by atoms with van der Waals surface area (Å²) in [6.45, 7) is 1.50. The monoisotopic (exact) mass is 412 g/mol. The van der Waals surface area contributed by atoms with Crippen LogP contribution in [0.3, 0.4) is 0 Å². The fraction of sp³-hybridized carbons (Fsp3) is 0.235. The van der Waals surface area contributed by atoms with Crippen molar-refractivity contribution in [3.63, 3.8) is 0 Å². The third-order valence-corrected chi connectivity index (χ3v) is 3.90. The van der Waals surface area contributed by atoms with Crippen molar-refractivity contribution in [2.24, 2.45) is 0 Å². The van der Waals surface area contributed by atoms with Crippen LogP contribution in [0.5, 0.6) is 0 Å². The van der Waals surface area contributed by atoms with E-state index in [-0.39, 0.29) is 30.0 Å². The number of nitro groups is 2. The Balaban J connectivity index is 1.98. The van der Waals surface area contributed by atoms with E-state index in [1.165, 1.54) is 25.1 Å². The molecule has 9 nitrogen and oxygen atoms in total. The van der Waals surface area contributed by atoms with Crippen molar-refractivity contribution in [1.82, 2.24) is 5.32 Å². The molecule has 0 aliphatic heterocycles. The number of carbonyl (C=O) groups is 1. The second-order valence-corrected chi connectivity index (χ2v) is 5.93. The minimum Gasteiger partial charge on any atom is -0.378 e. The third-order valence-electron chi connectivity index (χ3n) is 3.90. The number of rotatable bonds is 7. The average molecular weight is 412 g/mol. The normalized spacial score (nSPS) is 11.0. The zero-order chi connectivity index (χ0) is 21.8. The molecule has 0 aliphatic carbocycles. The second-order valence-electron chi connectivity index (χ2n) is 5.93. The number of carbonyl (C=O) groups excluding carboxylic acids is 1. The first-order valence-corrected chi connectivity index (χ1v) is 8.13. The number of anilines is 1. The van der Waals surface area contributed by atoms with E-state index in [0.29, 0.717) is 17.7 Å². The fourth-order valence-corrected chi connectivity index (χ4v) is 2.49. The van der Waals surface area contributed by atoms with Gasteiger partial charge in [-0.3, -0.25) is 25.0 Å². The van der Waals surface area contributed by atoms with Crippen molar-refractivity contribution >= 4 is 23.0 Å². The molecule has 0 unspecified atom stereocenters. The zero-order valence-electron chi connectivity index (χ0n) is 14.9. The van der Waals surface area contributed by atoms with Crippen LogP contribution in [0.2, 0.25) is 0 Å². The first kappa shape index (κ1) is 21.6. The Morgan fingerprint density at radius 3 is 2.21 bits per heavy atom. The highest BCUT2D eigenvalue weighted by Gasteiger charge is 2.33. The van der Waals surface area contributed by atoms with E-state index >= 15 is 0 Å². The van der Waals surface area contributed by atoms with Gasteiger partial charge in [-0.15, -0.1) is 0 Å². The molecule has 0 heterocycles. The fourth-order valence-electron chi connectivity index (χ4n) is 2.49. The number of amides is 1. The first-order valence-electron chi connectivity index (χ1n) is 8.13. The van der Waals surface area contributed by atoms with Crippen LogP contribution in [0, 0.1) is 27.2 Å². The van der Waals surface area contributed by atoms with Crippen molar-refractivity contribution < 1.29 is 27.8 Å². The van der Waals surface area contributed by atoms with Gasteiger partial charge < -0.3 is 10.6 Å².